The minimum Gasteiger partial charge on any atom is -0.313 e. The average molecular weight is 196 g/mol. The quantitative estimate of drug-likeness (QED) is 0.782. The second kappa shape index (κ2) is 3.69. The van der Waals surface area contributed by atoms with Gasteiger partial charge < -0.3 is 5.32 Å². The van der Waals surface area contributed by atoms with Crippen LogP contribution in [0.2, 0.25) is 5.02 Å². The number of hydrogen-bond acceptors (Lipinski definition) is 1. The molecule has 0 saturated heterocycles. The molecular weight excluding hydrogens is 182 g/mol. The lowest BCUT2D eigenvalue weighted by molar-refractivity contribution is 0.529. The van der Waals surface area contributed by atoms with Crippen molar-refractivity contribution in [2.24, 2.45) is 5.92 Å². The first-order chi connectivity index (χ1) is 6.33. The molecule has 1 nitrogen and oxygen atoms in total. The number of halogens is 1. The second-order valence-corrected chi connectivity index (χ2v) is 4.03. The van der Waals surface area contributed by atoms with E-state index in [1.54, 1.807) is 0 Å². The van der Waals surface area contributed by atoms with Crippen molar-refractivity contribution in [2.75, 3.05) is 7.05 Å². The number of rotatable bonds is 3. The lowest BCUT2D eigenvalue weighted by Gasteiger charge is -2.16. The maximum Gasteiger partial charge on any atom is 0.0453 e. The Morgan fingerprint density at radius 3 is 2.62 bits per heavy atom. The largest absolute Gasteiger partial charge is 0.313 e. The summed E-state index contributed by atoms with van der Waals surface area (Å²) in [5, 5.41) is 4.22. The van der Waals surface area contributed by atoms with Crippen LogP contribution < -0.4 is 5.32 Å². The molecule has 1 unspecified atom stereocenters. The lowest BCUT2D eigenvalue weighted by atomic mass is 10.0. The van der Waals surface area contributed by atoms with Crippen LogP contribution in [-0.2, 0) is 0 Å². The lowest BCUT2D eigenvalue weighted by Crippen LogP contribution is -2.18. The molecule has 1 aliphatic rings. The van der Waals surface area contributed by atoms with Gasteiger partial charge in [0.2, 0.25) is 0 Å². The summed E-state index contributed by atoms with van der Waals surface area (Å²) in [4.78, 5) is 0. The first kappa shape index (κ1) is 9.04. The van der Waals surface area contributed by atoms with Gasteiger partial charge in [0.1, 0.15) is 0 Å². The zero-order valence-electron chi connectivity index (χ0n) is 7.76. The summed E-state index contributed by atoms with van der Waals surface area (Å²) in [7, 11) is 2.01. The molecular formula is C11H14ClN. The third-order valence-corrected chi connectivity index (χ3v) is 2.99. The van der Waals surface area contributed by atoms with Crippen molar-refractivity contribution in [3.8, 4) is 0 Å². The second-order valence-electron chi connectivity index (χ2n) is 3.63. The monoisotopic (exact) mass is 195 g/mol. The Bertz CT molecular complexity index is 294. The molecule has 0 spiro atoms. The SMILES string of the molecule is CNC(c1ccccc1Cl)C1CC1. The molecule has 1 aromatic rings. The van der Waals surface area contributed by atoms with Gasteiger partial charge in [-0.1, -0.05) is 29.8 Å². The van der Waals surface area contributed by atoms with Crippen molar-refractivity contribution in [2.45, 2.75) is 18.9 Å². The number of benzene rings is 1. The van der Waals surface area contributed by atoms with Crippen molar-refractivity contribution in [3.63, 3.8) is 0 Å². The van der Waals surface area contributed by atoms with Crippen LogP contribution in [0.25, 0.3) is 0 Å². The molecule has 1 saturated carbocycles. The standard InChI is InChI=1S/C11H14ClN/c1-13-11(8-6-7-8)9-4-2-3-5-10(9)12/h2-5,8,11,13H,6-7H2,1H3. The highest BCUT2D eigenvalue weighted by Crippen LogP contribution is 2.42. The van der Waals surface area contributed by atoms with Crippen molar-refractivity contribution in [1.82, 2.24) is 5.32 Å². The zero-order valence-corrected chi connectivity index (χ0v) is 8.51. The van der Waals surface area contributed by atoms with Gasteiger partial charge >= 0.3 is 0 Å². The Balaban J connectivity index is 2.26. The van der Waals surface area contributed by atoms with Crippen LogP contribution in [0.4, 0.5) is 0 Å². The molecule has 2 heteroatoms. The summed E-state index contributed by atoms with van der Waals surface area (Å²) >= 11 is 6.13. The summed E-state index contributed by atoms with van der Waals surface area (Å²) in [6.07, 6.45) is 2.66. The summed E-state index contributed by atoms with van der Waals surface area (Å²) in [6.45, 7) is 0. The summed E-state index contributed by atoms with van der Waals surface area (Å²) < 4.78 is 0. The molecule has 1 aliphatic carbocycles. The summed E-state index contributed by atoms with van der Waals surface area (Å²) in [6, 6.07) is 8.55. The highest BCUT2D eigenvalue weighted by Gasteiger charge is 2.31. The van der Waals surface area contributed by atoms with Gasteiger partial charge in [-0.3, -0.25) is 0 Å². The molecule has 0 radical (unpaired) electrons. The third kappa shape index (κ3) is 1.87. The molecule has 13 heavy (non-hydrogen) atoms. The maximum absolute atomic E-state index is 6.13. The van der Waals surface area contributed by atoms with Crippen LogP contribution >= 0.6 is 11.6 Å². The van der Waals surface area contributed by atoms with E-state index >= 15 is 0 Å². The fourth-order valence-corrected chi connectivity index (χ4v) is 2.06. The van der Waals surface area contributed by atoms with Gasteiger partial charge in [-0.25, -0.2) is 0 Å². The van der Waals surface area contributed by atoms with Gasteiger partial charge in [-0.2, -0.15) is 0 Å². The van der Waals surface area contributed by atoms with Crippen molar-refractivity contribution in [1.29, 1.82) is 0 Å². The van der Waals surface area contributed by atoms with Gasteiger partial charge in [0.25, 0.3) is 0 Å². The van der Waals surface area contributed by atoms with E-state index in [9.17, 15) is 0 Å². The van der Waals surface area contributed by atoms with E-state index in [4.69, 9.17) is 11.6 Å². The van der Waals surface area contributed by atoms with Crippen molar-refractivity contribution >= 4 is 11.6 Å². The molecule has 0 heterocycles. The fraction of sp³-hybridized carbons (Fsp3) is 0.455. The molecule has 1 aromatic carbocycles. The molecule has 0 bridgehead atoms. The predicted octanol–water partition coefficient (Wildman–Crippen LogP) is 3.01. The Labute approximate surface area is 84.1 Å². The van der Waals surface area contributed by atoms with E-state index in [2.05, 4.69) is 11.4 Å². The first-order valence-electron chi connectivity index (χ1n) is 4.74. The van der Waals surface area contributed by atoms with Crippen LogP contribution in [0.15, 0.2) is 24.3 Å². The molecule has 1 fully saturated rings. The zero-order chi connectivity index (χ0) is 9.26. The van der Waals surface area contributed by atoms with Gasteiger partial charge in [-0.15, -0.1) is 0 Å². The van der Waals surface area contributed by atoms with E-state index in [1.807, 2.05) is 25.2 Å². The van der Waals surface area contributed by atoms with Crippen molar-refractivity contribution < 1.29 is 0 Å². The van der Waals surface area contributed by atoms with Crippen LogP contribution in [-0.4, -0.2) is 7.05 Å². The summed E-state index contributed by atoms with van der Waals surface area (Å²) in [5.41, 5.74) is 1.24. The van der Waals surface area contributed by atoms with Crippen LogP contribution in [0.1, 0.15) is 24.4 Å². The van der Waals surface area contributed by atoms with E-state index in [-0.39, 0.29) is 0 Å². The molecule has 1 N–H and O–H groups in total. The van der Waals surface area contributed by atoms with Gasteiger partial charge in [0, 0.05) is 11.1 Å². The van der Waals surface area contributed by atoms with Gasteiger partial charge in [0.05, 0.1) is 0 Å². The van der Waals surface area contributed by atoms with Crippen LogP contribution in [0.3, 0.4) is 0 Å². The molecule has 0 aliphatic heterocycles. The first-order valence-corrected chi connectivity index (χ1v) is 5.12. The Kier molecular flexibility index (Phi) is 2.56. The molecule has 1 atom stereocenters. The van der Waals surface area contributed by atoms with Gasteiger partial charge in [0.15, 0.2) is 0 Å². The normalized spacial score (nSPS) is 18.6. The topological polar surface area (TPSA) is 12.0 Å². The van der Waals surface area contributed by atoms with Gasteiger partial charge in [-0.05, 0) is 37.4 Å². The molecule has 70 valence electrons. The number of nitrogens with one attached hydrogen (secondary N) is 1. The smallest absolute Gasteiger partial charge is 0.0453 e. The van der Waals surface area contributed by atoms with E-state index in [1.165, 1.54) is 18.4 Å². The Hall–Kier alpha value is -0.530. The maximum atomic E-state index is 6.13. The van der Waals surface area contributed by atoms with Crippen LogP contribution in [0, 0.1) is 5.92 Å². The van der Waals surface area contributed by atoms with Crippen molar-refractivity contribution in [3.05, 3.63) is 34.9 Å². The molecule has 0 aromatic heterocycles. The fourth-order valence-electron chi connectivity index (χ4n) is 1.80. The minimum atomic E-state index is 0.452. The molecule has 0 amide bonds. The predicted molar refractivity (Wildman–Crippen MR) is 56.0 cm³/mol. The van der Waals surface area contributed by atoms with E-state index in [0.717, 1.165) is 10.9 Å². The summed E-state index contributed by atoms with van der Waals surface area (Å²) in [5.74, 6) is 0.796. The average Bonchev–Trinajstić information content (AvgIpc) is 2.93. The minimum absolute atomic E-state index is 0.452. The Morgan fingerprint density at radius 1 is 1.38 bits per heavy atom. The van der Waals surface area contributed by atoms with E-state index < -0.39 is 0 Å². The molecule has 2 rings (SSSR count). The van der Waals surface area contributed by atoms with E-state index in [0.29, 0.717) is 6.04 Å². The highest BCUT2D eigenvalue weighted by atomic mass is 35.5. The number of hydrogen-bond donors (Lipinski definition) is 1. The third-order valence-electron chi connectivity index (χ3n) is 2.64. The van der Waals surface area contributed by atoms with Crippen LogP contribution in [0.5, 0.6) is 0 Å². The Morgan fingerprint density at radius 2 is 2.08 bits per heavy atom. The highest BCUT2D eigenvalue weighted by molar-refractivity contribution is 6.31.